The third-order valence-corrected chi connectivity index (χ3v) is 5.84. The van der Waals surface area contributed by atoms with Crippen molar-refractivity contribution in [3.05, 3.63) is 53.6 Å². The highest BCUT2D eigenvalue weighted by atomic mass is 32.2. The van der Waals surface area contributed by atoms with Gasteiger partial charge in [-0.2, -0.15) is 0 Å². The van der Waals surface area contributed by atoms with Crippen LogP contribution in [0.2, 0.25) is 0 Å². The van der Waals surface area contributed by atoms with Crippen LogP contribution in [0.5, 0.6) is 0 Å². The molecule has 0 aliphatic carbocycles. The average Bonchev–Trinajstić information content (AvgIpc) is 2.52. The van der Waals surface area contributed by atoms with E-state index in [1.54, 1.807) is 19.1 Å². The van der Waals surface area contributed by atoms with Crippen molar-refractivity contribution >= 4 is 9.84 Å². The van der Waals surface area contributed by atoms with Crippen LogP contribution in [-0.2, 0) is 9.84 Å². The minimum atomic E-state index is -3.33. The van der Waals surface area contributed by atoms with E-state index >= 15 is 0 Å². The molecule has 0 aliphatic heterocycles. The second kappa shape index (κ2) is 7.88. The standard InChI is InChI=1S/C19H22F2O2S/c1-3-4-5-6-11-24(22,23)16-8-10-17(14(2)12-16)18-9-7-15(20)13-19(18)21/h7-10,12-13H,3-6,11H2,1-2H3. The molecule has 0 aliphatic rings. The Morgan fingerprint density at radius 3 is 2.25 bits per heavy atom. The van der Waals surface area contributed by atoms with E-state index in [4.69, 9.17) is 0 Å². The highest BCUT2D eigenvalue weighted by molar-refractivity contribution is 7.91. The van der Waals surface area contributed by atoms with Crippen molar-refractivity contribution in [2.75, 3.05) is 5.75 Å². The van der Waals surface area contributed by atoms with Crippen molar-refractivity contribution in [1.82, 2.24) is 0 Å². The van der Waals surface area contributed by atoms with Gasteiger partial charge in [0.2, 0.25) is 0 Å². The molecule has 0 saturated carbocycles. The lowest BCUT2D eigenvalue weighted by molar-refractivity contribution is 0.585. The topological polar surface area (TPSA) is 34.1 Å². The third-order valence-electron chi connectivity index (χ3n) is 4.04. The number of rotatable bonds is 7. The van der Waals surface area contributed by atoms with E-state index in [9.17, 15) is 17.2 Å². The lowest BCUT2D eigenvalue weighted by Gasteiger charge is -2.11. The molecule has 5 heteroatoms. The molecule has 0 fully saturated rings. The molecule has 2 nitrogen and oxygen atoms in total. The molecule has 2 aromatic rings. The lowest BCUT2D eigenvalue weighted by Crippen LogP contribution is -2.07. The van der Waals surface area contributed by atoms with Gasteiger partial charge in [-0.1, -0.05) is 32.3 Å². The highest BCUT2D eigenvalue weighted by Gasteiger charge is 2.16. The van der Waals surface area contributed by atoms with Crippen LogP contribution in [-0.4, -0.2) is 14.2 Å². The van der Waals surface area contributed by atoms with Crippen molar-refractivity contribution in [3.8, 4) is 11.1 Å². The van der Waals surface area contributed by atoms with Gasteiger partial charge in [0.25, 0.3) is 0 Å². The van der Waals surface area contributed by atoms with Gasteiger partial charge in [-0.3, -0.25) is 0 Å². The van der Waals surface area contributed by atoms with Crippen molar-refractivity contribution < 1.29 is 17.2 Å². The van der Waals surface area contributed by atoms with Gasteiger partial charge in [0, 0.05) is 11.6 Å². The molecule has 0 heterocycles. The van der Waals surface area contributed by atoms with Gasteiger partial charge in [0.05, 0.1) is 10.6 Å². The fourth-order valence-corrected chi connectivity index (χ4v) is 4.13. The Morgan fingerprint density at radius 2 is 1.62 bits per heavy atom. The first kappa shape index (κ1) is 18.6. The highest BCUT2D eigenvalue weighted by Crippen LogP contribution is 2.29. The van der Waals surface area contributed by atoms with E-state index in [1.807, 2.05) is 0 Å². The Balaban J connectivity index is 2.26. The molecule has 130 valence electrons. The monoisotopic (exact) mass is 352 g/mol. The number of unbranched alkanes of at least 4 members (excludes halogenated alkanes) is 3. The zero-order valence-electron chi connectivity index (χ0n) is 14.0. The summed E-state index contributed by atoms with van der Waals surface area (Å²) < 4.78 is 51.7. The molecule has 0 unspecified atom stereocenters. The summed E-state index contributed by atoms with van der Waals surface area (Å²) in [4.78, 5) is 0.253. The number of sulfone groups is 1. The molecular formula is C19H22F2O2S. The number of halogens is 2. The van der Waals surface area contributed by atoms with E-state index in [2.05, 4.69) is 6.92 Å². The van der Waals surface area contributed by atoms with Crippen LogP contribution in [0.1, 0.15) is 38.2 Å². The minimum Gasteiger partial charge on any atom is -0.224 e. The van der Waals surface area contributed by atoms with Gasteiger partial charge in [-0.15, -0.1) is 0 Å². The summed E-state index contributed by atoms with van der Waals surface area (Å²) in [6, 6.07) is 8.04. The van der Waals surface area contributed by atoms with Gasteiger partial charge in [-0.05, 0) is 48.7 Å². The summed E-state index contributed by atoms with van der Waals surface area (Å²) in [6.45, 7) is 3.80. The Kier molecular flexibility index (Phi) is 6.10. The molecule has 0 amide bonds. The zero-order valence-corrected chi connectivity index (χ0v) is 14.8. The largest absolute Gasteiger partial charge is 0.224 e. The summed E-state index contributed by atoms with van der Waals surface area (Å²) >= 11 is 0. The predicted octanol–water partition coefficient (Wildman–Crippen LogP) is 5.29. The van der Waals surface area contributed by atoms with Crippen molar-refractivity contribution in [1.29, 1.82) is 0 Å². The van der Waals surface area contributed by atoms with Gasteiger partial charge in [-0.25, -0.2) is 17.2 Å². The molecule has 24 heavy (non-hydrogen) atoms. The summed E-state index contributed by atoms with van der Waals surface area (Å²) in [7, 11) is -3.33. The Bertz CT molecular complexity index is 814. The summed E-state index contributed by atoms with van der Waals surface area (Å²) in [5.41, 5.74) is 1.48. The lowest BCUT2D eigenvalue weighted by atomic mass is 10.0. The third kappa shape index (κ3) is 4.41. The molecule has 2 aromatic carbocycles. The quantitative estimate of drug-likeness (QED) is 0.634. The molecule has 2 rings (SSSR count). The van der Waals surface area contributed by atoms with Gasteiger partial charge >= 0.3 is 0 Å². The number of aryl methyl sites for hydroxylation is 1. The normalized spacial score (nSPS) is 11.7. The summed E-state index contributed by atoms with van der Waals surface area (Å²) in [6.07, 6.45) is 3.62. The van der Waals surface area contributed by atoms with Crippen LogP contribution < -0.4 is 0 Å². The zero-order chi connectivity index (χ0) is 17.7. The summed E-state index contributed by atoms with van der Waals surface area (Å²) in [5, 5.41) is 0. The Morgan fingerprint density at radius 1 is 0.917 bits per heavy atom. The maximum atomic E-state index is 13.9. The van der Waals surface area contributed by atoms with Crippen LogP contribution in [0.4, 0.5) is 8.78 Å². The maximum Gasteiger partial charge on any atom is 0.178 e. The number of hydrogen-bond donors (Lipinski definition) is 0. The number of benzene rings is 2. The van der Waals surface area contributed by atoms with Crippen LogP contribution >= 0.6 is 0 Å². The molecule has 0 radical (unpaired) electrons. The minimum absolute atomic E-state index is 0.122. The SMILES string of the molecule is CCCCCCS(=O)(=O)c1ccc(-c2ccc(F)cc2F)c(C)c1. The fraction of sp³-hybridized carbons (Fsp3) is 0.368. The Labute approximate surface area is 142 Å². The Hall–Kier alpha value is -1.75. The van der Waals surface area contributed by atoms with Gasteiger partial charge < -0.3 is 0 Å². The van der Waals surface area contributed by atoms with E-state index in [-0.39, 0.29) is 16.2 Å². The second-order valence-electron chi connectivity index (χ2n) is 5.98. The molecule has 0 atom stereocenters. The van der Waals surface area contributed by atoms with Crippen molar-refractivity contribution in [3.63, 3.8) is 0 Å². The molecule has 0 spiro atoms. The van der Waals surface area contributed by atoms with Crippen molar-refractivity contribution in [2.24, 2.45) is 0 Å². The van der Waals surface area contributed by atoms with Crippen LogP contribution in [0, 0.1) is 18.6 Å². The fourth-order valence-electron chi connectivity index (χ4n) is 2.68. The first-order valence-electron chi connectivity index (χ1n) is 8.14. The van der Waals surface area contributed by atoms with Crippen LogP contribution in [0.25, 0.3) is 11.1 Å². The second-order valence-corrected chi connectivity index (χ2v) is 8.09. The first-order chi connectivity index (χ1) is 11.3. The summed E-state index contributed by atoms with van der Waals surface area (Å²) in [5.74, 6) is -1.18. The molecule has 0 bridgehead atoms. The number of hydrogen-bond acceptors (Lipinski definition) is 2. The van der Waals surface area contributed by atoms with Crippen molar-refractivity contribution in [2.45, 2.75) is 44.4 Å². The van der Waals surface area contributed by atoms with E-state index in [0.29, 0.717) is 17.5 Å². The van der Waals surface area contributed by atoms with E-state index in [1.165, 1.54) is 18.2 Å². The van der Waals surface area contributed by atoms with Crippen LogP contribution in [0.3, 0.4) is 0 Å². The molecule has 0 saturated heterocycles. The van der Waals surface area contributed by atoms with Gasteiger partial charge in [0.15, 0.2) is 9.84 Å². The first-order valence-corrected chi connectivity index (χ1v) is 9.79. The van der Waals surface area contributed by atoms with E-state index in [0.717, 1.165) is 25.3 Å². The molecular weight excluding hydrogens is 330 g/mol. The maximum absolute atomic E-state index is 13.9. The van der Waals surface area contributed by atoms with Crippen LogP contribution in [0.15, 0.2) is 41.3 Å². The molecule has 0 aromatic heterocycles. The average molecular weight is 352 g/mol. The van der Waals surface area contributed by atoms with Gasteiger partial charge in [0.1, 0.15) is 11.6 Å². The van der Waals surface area contributed by atoms with E-state index < -0.39 is 21.5 Å². The predicted molar refractivity (Wildman–Crippen MR) is 92.7 cm³/mol. The molecule has 0 N–H and O–H groups in total. The smallest absolute Gasteiger partial charge is 0.178 e.